The van der Waals surface area contributed by atoms with E-state index >= 15 is 0 Å². The zero-order valence-corrected chi connectivity index (χ0v) is 11.7. The zero-order chi connectivity index (χ0) is 13.7. The third kappa shape index (κ3) is 4.27. The second-order valence-electron chi connectivity index (χ2n) is 4.66. The Hall–Kier alpha value is -1.51. The van der Waals surface area contributed by atoms with Crippen LogP contribution < -0.4 is 10.5 Å². The van der Waals surface area contributed by atoms with Gasteiger partial charge in [-0.15, -0.1) is 0 Å². The Kier molecular flexibility index (Phi) is 4.83. The molecule has 2 aromatic rings. The van der Waals surface area contributed by atoms with Gasteiger partial charge in [0.15, 0.2) is 0 Å². The predicted molar refractivity (Wildman–Crippen MR) is 79.8 cm³/mol. The molecule has 0 saturated heterocycles. The lowest BCUT2D eigenvalue weighted by atomic mass is 10.0. The third-order valence-electron chi connectivity index (χ3n) is 3.00. The summed E-state index contributed by atoms with van der Waals surface area (Å²) >= 11 is 5.90. The molecule has 3 heteroatoms. The van der Waals surface area contributed by atoms with Crippen molar-refractivity contribution < 1.29 is 4.74 Å². The van der Waals surface area contributed by atoms with E-state index in [0.717, 1.165) is 12.2 Å². The number of nitrogens with two attached hydrogens (primary N) is 1. The van der Waals surface area contributed by atoms with Crippen LogP contribution in [-0.2, 0) is 6.42 Å². The molecule has 0 saturated carbocycles. The largest absolute Gasteiger partial charge is 0.492 e. The van der Waals surface area contributed by atoms with Gasteiger partial charge >= 0.3 is 0 Å². The monoisotopic (exact) mass is 275 g/mol. The summed E-state index contributed by atoms with van der Waals surface area (Å²) in [4.78, 5) is 0. The average molecular weight is 276 g/mol. The second kappa shape index (κ2) is 6.60. The first-order valence-electron chi connectivity index (χ1n) is 6.33. The quantitative estimate of drug-likeness (QED) is 0.905. The topological polar surface area (TPSA) is 35.2 Å². The Morgan fingerprint density at radius 1 is 1.16 bits per heavy atom. The van der Waals surface area contributed by atoms with Crippen molar-refractivity contribution in [2.24, 2.45) is 5.73 Å². The zero-order valence-electron chi connectivity index (χ0n) is 11.0. The molecule has 2 nitrogen and oxygen atoms in total. The highest BCUT2D eigenvalue weighted by Gasteiger charge is 2.07. The van der Waals surface area contributed by atoms with Crippen LogP contribution >= 0.6 is 11.6 Å². The molecule has 0 aliphatic carbocycles. The van der Waals surface area contributed by atoms with E-state index < -0.39 is 0 Å². The lowest BCUT2D eigenvalue weighted by molar-refractivity contribution is 0.287. The smallest absolute Gasteiger partial charge is 0.120 e. The molecule has 2 rings (SSSR count). The normalized spacial score (nSPS) is 12.2. The van der Waals surface area contributed by atoms with E-state index in [1.165, 1.54) is 11.1 Å². The summed E-state index contributed by atoms with van der Waals surface area (Å²) in [5.41, 5.74) is 8.64. The van der Waals surface area contributed by atoms with Crippen LogP contribution in [0.2, 0.25) is 5.02 Å². The molecule has 1 unspecified atom stereocenters. The highest BCUT2D eigenvalue weighted by molar-refractivity contribution is 6.30. The van der Waals surface area contributed by atoms with E-state index in [9.17, 15) is 0 Å². The fourth-order valence-corrected chi connectivity index (χ4v) is 2.12. The van der Waals surface area contributed by atoms with E-state index in [1.807, 2.05) is 30.3 Å². The van der Waals surface area contributed by atoms with E-state index in [2.05, 4.69) is 19.1 Å². The first-order chi connectivity index (χ1) is 9.15. The molecule has 0 spiro atoms. The van der Waals surface area contributed by atoms with E-state index in [0.29, 0.717) is 11.6 Å². The summed E-state index contributed by atoms with van der Waals surface area (Å²) in [6.07, 6.45) is 0.813. The number of halogens is 1. The Labute approximate surface area is 119 Å². The van der Waals surface area contributed by atoms with Gasteiger partial charge < -0.3 is 10.5 Å². The van der Waals surface area contributed by atoms with Crippen molar-refractivity contribution >= 4 is 11.6 Å². The van der Waals surface area contributed by atoms with E-state index in [1.54, 1.807) is 6.07 Å². The molecule has 0 radical (unpaired) electrons. The van der Waals surface area contributed by atoms with Crippen molar-refractivity contribution in [3.63, 3.8) is 0 Å². The molecule has 1 atom stereocenters. The molecule has 2 N–H and O–H groups in total. The van der Waals surface area contributed by atoms with Crippen molar-refractivity contribution in [3.05, 3.63) is 64.7 Å². The first-order valence-corrected chi connectivity index (χ1v) is 6.71. The van der Waals surface area contributed by atoms with Gasteiger partial charge in [0.1, 0.15) is 12.4 Å². The maximum absolute atomic E-state index is 6.10. The van der Waals surface area contributed by atoms with Gasteiger partial charge in [0.25, 0.3) is 0 Å². The number of ether oxygens (including phenoxy) is 1. The highest BCUT2D eigenvalue weighted by Crippen LogP contribution is 2.17. The number of benzene rings is 2. The van der Waals surface area contributed by atoms with Crippen LogP contribution in [0.15, 0.2) is 48.5 Å². The molecule has 0 bridgehead atoms. The minimum absolute atomic E-state index is 0.0277. The molecule has 0 fully saturated rings. The number of hydrogen-bond acceptors (Lipinski definition) is 2. The standard InChI is InChI=1S/C16H18ClNO/c1-12-5-2-3-6-13(12)9-15(18)11-19-16-8-4-7-14(17)10-16/h2-8,10,15H,9,11,18H2,1H3. The van der Waals surface area contributed by atoms with Crippen molar-refractivity contribution in [2.45, 2.75) is 19.4 Å². The van der Waals surface area contributed by atoms with Crippen LogP contribution in [0.5, 0.6) is 5.75 Å². The maximum Gasteiger partial charge on any atom is 0.120 e. The van der Waals surface area contributed by atoms with Crippen LogP contribution in [0.4, 0.5) is 0 Å². The number of aryl methyl sites for hydroxylation is 1. The molecular formula is C16H18ClNO. The molecule has 2 aromatic carbocycles. The minimum Gasteiger partial charge on any atom is -0.492 e. The fraction of sp³-hybridized carbons (Fsp3) is 0.250. The van der Waals surface area contributed by atoms with Crippen molar-refractivity contribution in [3.8, 4) is 5.75 Å². The Balaban J connectivity index is 1.88. The lowest BCUT2D eigenvalue weighted by Crippen LogP contribution is -2.30. The molecule has 0 amide bonds. The summed E-state index contributed by atoms with van der Waals surface area (Å²) in [6, 6.07) is 15.6. The lowest BCUT2D eigenvalue weighted by Gasteiger charge is -2.14. The summed E-state index contributed by atoms with van der Waals surface area (Å²) in [7, 11) is 0. The second-order valence-corrected chi connectivity index (χ2v) is 5.10. The Bertz CT molecular complexity index is 542. The van der Waals surface area contributed by atoms with Crippen molar-refractivity contribution in [1.29, 1.82) is 0 Å². The van der Waals surface area contributed by atoms with Gasteiger partial charge in [-0.2, -0.15) is 0 Å². The van der Waals surface area contributed by atoms with Crippen molar-refractivity contribution in [2.75, 3.05) is 6.61 Å². The van der Waals surface area contributed by atoms with Crippen LogP contribution in [0, 0.1) is 6.92 Å². The molecule has 0 aromatic heterocycles. The van der Waals surface area contributed by atoms with Gasteiger partial charge in [-0.1, -0.05) is 41.9 Å². The summed E-state index contributed by atoms with van der Waals surface area (Å²) in [5.74, 6) is 0.757. The van der Waals surface area contributed by atoms with Gasteiger partial charge in [0, 0.05) is 11.1 Å². The predicted octanol–water partition coefficient (Wildman–Crippen LogP) is 3.60. The van der Waals surface area contributed by atoms with Crippen LogP contribution in [-0.4, -0.2) is 12.6 Å². The molecule has 19 heavy (non-hydrogen) atoms. The number of hydrogen-bond donors (Lipinski definition) is 1. The minimum atomic E-state index is -0.0277. The molecule has 100 valence electrons. The summed E-state index contributed by atoms with van der Waals surface area (Å²) < 4.78 is 5.65. The van der Waals surface area contributed by atoms with Gasteiger partial charge in [0.05, 0.1) is 0 Å². The third-order valence-corrected chi connectivity index (χ3v) is 3.24. The van der Waals surface area contributed by atoms with Gasteiger partial charge in [-0.25, -0.2) is 0 Å². The average Bonchev–Trinajstić information content (AvgIpc) is 2.39. The van der Waals surface area contributed by atoms with Gasteiger partial charge in [-0.05, 0) is 42.7 Å². The van der Waals surface area contributed by atoms with Crippen LogP contribution in [0.3, 0.4) is 0 Å². The fourth-order valence-electron chi connectivity index (χ4n) is 1.94. The van der Waals surface area contributed by atoms with E-state index in [-0.39, 0.29) is 6.04 Å². The van der Waals surface area contributed by atoms with Crippen LogP contribution in [0.1, 0.15) is 11.1 Å². The summed E-state index contributed by atoms with van der Waals surface area (Å²) in [6.45, 7) is 2.58. The Morgan fingerprint density at radius 2 is 1.95 bits per heavy atom. The van der Waals surface area contributed by atoms with Crippen LogP contribution in [0.25, 0.3) is 0 Å². The molecule has 0 aliphatic heterocycles. The first kappa shape index (κ1) is 13.9. The van der Waals surface area contributed by atoms with Crippen molar-refractivity contribution in [1.82, 2.24) is 0 Å². The molecule has 0 heterocycles. The SMILES string of the molecule is Cc1ccccc1CC(N)COc1cccc(Cl)c1. The number of rotatable bonds is 5. The van der Waals surface area contributed by atoms with Gasteiger partial charge in [0.2, 0.25) is 0 Å². The molecule has 0 aliphatic rings. The molecular weight excluding hydrogens is 258 g/mol. The van der Waals surface area contributed by atoms with E-state index in [4.69, 9.17) is 22.1 Å². The maximum atomic E-state index is 6.10. The Morgan fingerprint density at radius 3 is 2.68 bits per heavy atom. The highest BCUT2D eigenvalue weighted by atomic mass is 35.5. The summed E-state index contributed by atoms with van der Waals surface area (Å²) in [5, 5.41) is 0.671. The van der Waals surface area contributed by atoms with Gasteiger partial charge in [-0.3, -0.25) is 0 Å².